The third-order valence-electron chi connectivity index (χ3n) is 2.97. The molecule has 3 rings (SSSR count). The van der Waals surface area contributed by atoms with Gasteiger partial charge < -0.3 is 0 Å². The summed E-state index contributed by atoms with van der Waals surface area (Å²) >= 11 is 0. The molecular formula is C16H10N2. The zero-order valence-corrected chi connectivity index (χ0v) is 9.67. The van der Waals surface area contributed by atoms with Crippen molar-refractivity contribution in [1.82, 2.24) is 4.98 Å². The van der Waals surface area contributed by atoms with Crippen molar-refractivity contribution in [3.8, 4) is 17.2 Å². The Balaban J connectivity index is 2.16. The Morgan fingerprint density at radius 2 is 1.78 bits per heavy atom. The Morgan fingerprint density at radius 1 is 0.889 bits per heavy atom. The van der Waals surface area contributed by atoms with Crippen molar-refractivity contribution < 1.29 is 0 Å². The van der Waals surface area contributed by atoms with Gasteiger partial charge >= 0.3 is 0 Å². The fourth-order valence-electron chi connectivity index (χ4n) is 2.03. The van der Waals surface area contributed by atoms with Crippen LogP contribution < -0.4 is 0 Å². The van der Waals surface area contributed by atoms with E-state index in [-0.39, 0.29) is 0 Å². The lowest BCUT2D eigenvalue weighted by molar-refractivity contribution is 1.36. The van der Waals surface area contributed by atoms with Gasteiger partial charge in [0.05, 0.1) is 11.6 Å². The van der Waals surface area contributed by atoms with Crippen LogP contribution in [0, 0.1) is 11.3 Å². The average molecular weight is 230 g/mol. The lowest BCUT2D eigenvalue weighted by Gasteiger charge is -2.04. The smallest absolute Gasteiger partial charge is 0.0991 e. The molecule has 0 aliphatic heterocycles. The SMILES string of the molecule is N#Cc1cccc(-c2ccc3ccncc3c2)c1. The van der Waals surface area contributed by atoms with Gasteiger partial charge in [0.15, 0.2) is 0 Å². The highest BCUT2D eigenvalue weighted by Crippen LogP contribution is 2.24. The van der Waals surface area contributed by atoms with Gasteiger partial charge in [-0.05, 0) is 40.8 Å². The molecule has 1 heterocycles. The van der Waals surface area contributed by atoms with Gasteiger partial charge in [-0.25, -0.2) is 0 Å². The summed E-state index contributed by atoms with van der Waals surface area (Å²) in [6, 6.07) is 18.0. The minimum Gasteiger partial charge on any atom is -0.264 e. The summed E-state index contributed by atoms with van der Waals surface area (Å²) in [5, 5.41) is 11.2. The van der Waals surface area contributed by atoms with E-state index < -0.39 is 0 Å². The van der Waals surface area contributed by atoms with Crippen molar-refractivity contribution in [1.29, 1.82) is 5.26 Å². The quantitative estimate of drug-likeness (QED) is 0.638. The third-order valence-corrected chi connectivity index (χ3v) is 2.97. The number of aromatic nitrogens is 1. The van der Waals surface area contributed by atoms with E-state index >= 15 is 0 Å². The van der Waals surface area contributed by atoms with Gasteiger partial charge in [0.1, 0.15) is 0 Å². The van der Waals surface area contributed by atoms with Crippen LogP contribution in [0.25, 0.3) is 21.9 Å². The zero-order chi connectivity index (χ0) is 12.4. The van der Waals surface area contributed by atoms with E-state index in [0.29, 0.717) is 5.56 Å². The molecule has 1 aromatic heterocycles. The molecule has 0 bridgehead atoms. The molecule has 0 unspecified atom stereocenters. The molecule has 0 aliphatic carbocycles. The number of nitrogens with zero attached hydrogens (tertiary/aromatic N) is 2. The highest BCUT2D eigenvalue weighted by atomic mass is 14.6. The first-order chi connectivity index (χ1) is 8.86. The highest BCUT2D eigenvalue weighted by molar-refractivity contribution is 5.86. The molecular weight excluding hydrogens is 220 g/mol. The molecule has 0 saturated heterocycles. The number of fused-ring (bicyclic) bond motifs is 1. The van der Waals surface area contributed by atoms with E-state index in [0.717, 1.165) is 16.5 Å². The molecule has 2 nitrogen and oxygen atoms in total. The molecule has 2 aromatic carbocycles. The molecule has 84 valence electrons. The number of hydrogen-bond donors (Lipinski definition) is 0. The minimum absolute atomic E-state index is 0.679. The third kappa shape index (κ3) is 1.83. The molecule has 18 heavy (non-hydrogen) atoms. The molecule has 0 aliphatic rings. The number of hydrogen-bond acceptors (Lipinski definition) is 2. The van der Waals surface area contributed by atoms with E-state index in [1.165, 1.54) is 5.39 Å². The van der Waals surface area contributed by atoms with E-state index in [4.69, 9.17) is 5.26 Å². The van der Waals surface area contributed by atoms with Crippen LogP contribution in [0.5, 0.6) is 0 Å². The van der Waals surface area contributed by atoms with Crippen molar-refractivity contribution in [2.45, 2.75) is 0 Å². The van der Waals surface area contributed by atoms with E-state index in [1.54, 1.807) is 6.20 Å². The summed E-state index contributed by atoms with van der Waals surface area (Å²) in [5.74, 6) is 0. The number of benzene rings is 2. The Hall–Kier alpha value is -2.66. The Kier molecular flexibility index (Phi) is 2.51. The maximum absolute atomic E-state index is 8.92. The molecule has 0 saturated carbocycles. The molecule has 2 heteroatoms. The summed E-state index contributed by atoms with van der Waals surface area (Å²) in [6.45, 7) is 0. The zero-order valence-electron chi connectivity index (χ0n) is 9.67. The van der Waals surface area contributed by atoms with Crippen LogP contribution >= 0.6 is 0 Å². The van der Waals surface area contributed by atoms with Gasteiger partial charge in [-0.3, -0.25) is 4.98 Å². The Labute approximate surface area is 105 Å². The fraction of sp³-hybridized carbons (Fsp3) is 0. The largest absolute Gasteiger partial charge is 0.264 e. The first-order valence-electron chi connectivity index (χ1n) is 5.71. The molecule has 3 aromatic rings. The topological polar surface area (TPSA) is 36.7 Å². The number of rotatable bonds is 1. The lowest BCUT2D eigenvalue weighted by atomic mass is 10.0. The van der Waals surface area contributed by atoms with Crippen LogP contribution in [0.1, 0.15) is 5.56 Å². The number of nitriles is 1. The summed E-state index contributed by atoms with van der Waals surface area (Å²) < 4.78 is 0. The predicted molar refractivity (Wildman–Crippen MR) is 71.9 cm³/mol. The summed E-state index contributed by atoms with van der Waals surface area (Å²) in [7, 11) is 0. The Morgan fingerprint density at radius 3 is 2.67 bits per heavy atom. The van der Waals surface area contributed by atoms with Crippen LogP contribution in [-0.2, 0) is 0 Å². The van der Waals surface area contributed by atoms with Gasteiger partial charge in [-0.2, -0.15) is 5.26 Å². The Bertz CT molecular complexity index is 754. The fourth-order valence-corrected chi connectivity index (χ4v) is 2.03. The van der Waals surface area contributed by atoms with Gasteiger partial charge in [0.25, 0.3) is 0 Å². The van der Waals surface area contributed by atoms with Crippen molar-refractivity contribution in [2.75, 3.05) is 0 Å². The molecule has 0 N–H and O–H groups in total. The number of pyridine rings is 1. The highest BCUT2D eigenvalue weighted by Gasteiger charge is 2.00. The average Bonchev–Trinajstić information content (AvgIpc) is 2.47. The van der Waals surface area contributed by atoms with Crippen molar-refractivity contribution in [3.63, 3.8) is 0 Å². The monoisotopic (exact) mass is 230 g/mol. The van der Waals surface area contributed by atoms with Crippen LogP contribution in [0.15, 0.2) is 60.9 Å². The summed E-state index contributed by atoms with van der Waals surface area (Å²) in [6.07, 6.45) is 3.64. The first kappa shape index (κ1) is 10.5. The van der Waals surface area contributed by atoms with Crippen LogP contribution in [0.4, 0.5) is 0 Å². The summed E-state index contributed by atoms with van der Waals surface area (Å²) in [4.78, 5) is 4.13. The van der Waals surface area contributed by atoms with Crippen molar-refractivity contribution in [3.05, 3.63) is 66.5 Å². The normalized spacial score (nSPS) is 10.2. The molecule has 0 spiro atoms. The van der Waals surface area contributed by atoms with Gasteiger partial charge in [0.2, 0.25) is 0 Å². The van der Waals surface area contributed by atoms with Gasteiger partial charge in [-0.1, -0.05) is 24.3 Å². The minimum atomic E-state index is 0.679. The maximum atomic E-state index is 8.92. The van der Waals surface area contributed by atoms with E-state index in [9.17, 15) is 0 Å². The van der Waals surface area contributed by atoms with E-state index in [1.807, 2.05) is 36.5 Å². The van der Waals surface area contributed by atoms with Crippen molar-refractivity contribution >= 4 is 10.8 Å². The second kappa shape index (κ2) is 4.31. The van der Waals surface area contributed by atoms with Crippen molar-refractivity contribution in [2.24, 2.45) is 0 Å². The molecule has 0 amide bonds. The van der Waals surface area contributed by atoms with Gasteiger partial charge in [-0.15, -0.1) is 0 Å². The second-order valence-corrected chi connectivity index (χ2v) is 4.13. The van der Waals surface area contributed by atoms with Gasteiger partial charge in [0, 0.05) is 17.8 Å². The standard InChI is InChI=1S/C16H10N2/c17-10-12-2-1-3-14(8-12)15-5-4-13-6-7-18-11-16(13)9-15/h1-9,11H. The van der Waals surface area contributed by atoms with Crippen LogP contribution in [0.3, 0.4) is 0 Å². The first-order valence-corrected chi connectivity index (χ1v) is 5.71. The maximum Gasteiger partial charge on any atom is 0.0991 e. The summed E-state index contributed by atoms with van der Waals surface area (Å²) in [5.41, 5.74) is 2.84. The molecule has 0 atom stereocenters. The molecule has 0 fully saturated rings. The van der Waals surface area contributed by atoms with Crippen LogP contribution in [0.2, 0.25) is 0 Å². The lowest BCUT2D eigenvalue weighted by Crippen LogP contribution is -1.81. The molecule has 0 radical (unpaired) electrons. The predicted octanol–water partition coefficient (Wildman–Crippen LogP) is 3.77. The second-order valence-electron chi connectivity index (χ2n) is 4.13. The van der Waals surface area contributed by atoms with Crippen LogP contribution in [-0.4, -0.2) is 4.98 Å². The van der Waals surface area contributed by atoms with E-state index in [2.05, 4.69) is 29.3 Å².